The van der Waals surface area contributed by atoms with Crippen molar-refractivity contribution >= 4 is 31.8 Å². The number of benzene rings is 2. The number of nitrogens with one attached hydrogen (secondary N) is 3. The molecule has 0 unspecified atom stereocenters. The molecule has 4 heterocycles. The van der Waals surface area contributed by atoms with E-state index in [1.807, 2.05) is 43.6 Å². The molecule has 11 heteroatoms. The molecule has 4 aromatic heterocycles. The number of rotatable bonds is 6. The van der Waals surface area contributed by atoms with Crippen LogP contribution < -0.4 is 4.72 Å². The van der Waals surface area contributed by atoms with Crippen molar-refractivity contribution in [2.24, 2.45) is 7.05 Å². The molecule has 37 heavy (non-hydrogen) atoms. The number of aryl methyl sites for hydroxylation is 1. The van der Waals surface area contributed by atoms with E-state index in [0.717, 1.165) is 56.3 Å². The molecule has 0 saturated carbocycles. The van der Waals surface area contributed by atoms with Crippen molar-refractivity contribution in [2.75, 3.05) is 6.26 Å². The van der Waals surface area contributed by atoms with Gasteiger partial charge in [-0.25, -0.2) is 17.5 Å². The van der Waals surface area contributed by atoms with Crippen LogP contribution in [0.25, 0.3) is 55.6 Å². The first-order valence-electron chi connectivity index (χ1n) is 11.4. The van der Waals surface area contributed by atoms with Gasteiger partial charge in [-0.2, -0.15) is 10.2 Å². The first-order valence-corrected chi connectivity index (χ1v) is 13.3. The lowest BCUT2D eigenvalue weighted by Gasteiger charge is -2.08. The van der Waals surface area contributed by atoms with Gasteiger partial charge >= 0.3 is 0 Å². The van der Waals surface area contributed by atoms with Gasteiger partial charge in [-0.1, -0.05) is 12.1 Å². The average Bonchev–Trinajstić information content (AvgIpc) is 3.58. The molecule has 2 aromatic carbocycles. The van der Waals surface area contributed by atoms with E-state index in [1.54, 1.807) is 23.1 Å². The molecule has 6 rings (SSSR count). The van der Waals surface area contributed by atoms with Crippen LogP contribution in [0.1, 0.15) is 5.56 Å². The molecule has 0 atom stereocenters. The average molecular weight is 516 g/mol. The highest BCUT2D eigenvalue weighted by Gasteiger charge is 2.16. The third-order valence-electron chi connectivity index (χ3n) is 6.17. The zero-order chi connectivity index (χ0) is 25.7. The summed E-state index contributed by atoms with van der Waals surface area (Å²) in [7, 11) is -1.55. The summed E-state index contributed by atoms with van der Waals surface area (Å²) in [6.45, 7) is 0.00448. The summed E-state index contributed by atoms with van der Waals surface area (Å²) in [4.78, 5) is 7.96. The van der Waals surface area contributed by atoms with E-state index in [0.29, 0.717) is 11.1 Å². The van der Waals surface area contributed by atoms with Gasteiger partial charge in [0.25, 0.3) is 0 Å². The van der Waals surface area contributed by atoms with Gasteiger partial charge in [0.15, 0.2) is 0 Å². The van der Waals surface area contributed by atoms with Crippen LogP contribution in [-0.4, -0.2) is 44.6 Å². The zero-order valence-electron chi connectivity index (χ0n) is 19.9. The van der Waals surface area contributed by atoms with Crippen LogP contribution >= 0.6 is 0 Å². The minimum Gasteiger partial charge on any atom is -0.353 e. The molecule has 0 spiro atoms. The highest BCUT2D eigenvalue weighted by Crippen LogP contribution is 2.35. The minimum atomic E-state index is -3.40. The Morgan fingerprint density at radius 3 is 2.68 bits per heavy atom. The second-order valence-corrected chi connectivity index (χ2v) is 10.8. The topological polar surface area (TPSA) is 121 Å². The number of nitrogens with zero attached hydrogens (tertiary/aromatic N) is 4. The molecule has 186 valence electrons. The fourth-order valence-corrected chi connectivity index (χ4v) is 4.92. The van der Waals surface area contributed by atoms with Crippen LogP contribution in [0, 0.1) is 5.82 Å². The largest absolute Gasteiger partial charge is 0.353 e. The van der Waals surface area contributed by atoms with Crippen LogP contribution in [-0.2, 0) is 23.6 Å². The van der Waals surface area contributed by atoms with Crippen molar-refractivity contribution in [2.45, 2.75) is 6.54 Å². The zero-order valence-corrected chi connectivity index (χ0v) is 20.8. The van der Waals surface area contributed by atoms with Crippen LogP contribution in [0.5, 0.6) is 0 Å². The van der Waals surface area contributed by atoms with Crippen molar-refractivity contribution in [1.82, 2.24) is 34.7 Å². The van der Waals surface area contributed by atoms with Crippen LogP contribution in [0.15, 0.2) is 67.1 Å². The lowest BCUT2D eigenvalue weighted by Crippen LogP contribution is -2.21. The molecule has 0 bridgehead atoms. The Labute approximate surface area is 211 Å². The van der Waals surface area contributed by atoms with Crippen molar-refractivity contribution in [3.63, 3.8) is 0 Å². The van der Waals surface area contributed by atoms with Crippen LogP contribution in [0.2, 0.25) is 0 Å². The monoisotopic (exact) mass is 515 g/mol. The summed E-state index contributed by atoms with van der Waals surface area (Å²) in [5.74, 6) is -0.440. The van der Waals surface area contributed by atoms with Gasteiger partial charge in [0.1, 0.15) is 11.5 Å². The smallest absolute Gasteiger partial charge is 0.209 e. The van der Waals surface area contributed by atoms with E-state index in [1.165, 1.54) is 12.1 Å². The number of H-pyrrole nitrogens is 2. The summed E-state index contributed by atoms with van der Waals surface area (Å²) in [6.07, 6.45) is 6.49. The Hall–Kier alpha value is -4.35. The lowest BCUT2D eigenvalue weighted by atomic mass is 9.99. The molecule has 0 fully saturated rings. The second kappa shape index (κ2) is 8.64. The lowest BCUT2D eigenvalue weighted by molar-refractivity contribution is 0.586. The quantitative estimate of drug-likeness (QED) is 0.304. The minimum absolute atomic E-state index is 0.00448. The van der Waals surface area contributed by atoms with Gasteiger partial charge in [-0.05, 0) is 53.1 Å². The highest BCUT2D eigenvalue weighted by atomic mass is 32.2. The van der Waals surface area contributed by atoms with Crippen molar-refractivity contribution < 1.29 is 12.8 Å². The van der Waals surface area contributed by atoms with Crippen molar-refractivity contribution in [3.05, 3.63) is 78.5 Å². The Balaban J connectivity index is 1.43. The molecule has 3 N–H and O–H groups in total. The number of pyridine rings is 1. The van der Waals surface area contributed by atoms with Gasteiger partial charge in [0, 0.05) is 41.6 Å². The number of aromatic nitrogens is 6. The predicted octanol–water partition coefficient (Wildman–Crippen LogP) is 4.36. The molecule has 9 nitrogen and oxygen atoms in total. The van der Waals surface area contributed by atoms with E-state index < -0.39 is 15.8 Å². The molecular weight excluding hydrogens is 493 g/mol. The molecule has 0 saturated heterocycles. The Morgan fingerprint density at radius 2 is 1.89 bits per heavy atom. The third-order valence-corrected chi connectivity index (χ3v) is 6.84. The van der Waals surface area contributed by atoms with E-state index >= 15 is 0 Å². The Morgan fingerprint density at radius 1 is 1.03 bits per heavy atom. The summed E-state index contributed by atoms with van der Waals surface area (Å²) >= 11 is 0. The van der Waals surface area contributed by atoms with Gasteiger partial charge in [0.05, 0.1) is 35.6 Å². The molecule has 0 amide bonds. The van der Waals surface area contributed by atoms with Crippen molar-refractivity contribution in [1.29, 1.82) is 0 Å². The van der Waals surface area contributed by atoms with E-state index in [4.69, 9.17) is 0 Å². The highest BCUT2D eigenvalue weighted by molar-refractivity contribution is 7.88. The standard InChI is InChI=1S/C26H22FN7O2S/c1-34-14-17(12-29-34)23-10-21-25(13-28-23)32-33-26(21)24-9-20-19(4-3-5-22(20)31-24)16-6-15(7-18(27)8-16)11-30-37(2,35)36/h3-10,12-14,30-31H,11H2,1-2H3,(H,32,33). The molecule has 0 aliphatic carbocycles. The predicted molar refractivity (Wildman–Crippen MR) is 140 cm³/mol. The van der Waals surface area contributed by atoms with Gasteiger partial charge < -0.3 is 4.98 Å². The fraction of sp³-hybridized carbons (Fsp3) is 0.115. The number of hydrogen-bond acceptors (Lipinski definition) is 5. The van der Waals surface area contributed by atoms with Crippen LogP contribution in [0.3, 0.4) is 0 Å². The number of aromatic amines is 2. The van der Waals surface area contributed by atoms with E-state index in [-0.39, 0.29) is 6.54 Å². The first kappa shape index (κ1) is 23.1. The SMILES string of the molecule is Cn1cc(-c2cc3c(-c4cc5c(-c6cc(F)cc(CNS(C)(=O)=O)c6)cccc5[nH]4)n[nH]c3cn2)cn1. The van der Waals surface area contributed by atoms with Gasteiger partial charge in [0.2, 0.25) is 10.0 Å². The normalized spacial score (nSPS) is 12.1. The maximum absolute atomic E-state index is 14.5. The van der Waals surface area contributed by atoms with Crippen molar-refractivity contribution in [3.8, 4) is 33.8 Å². The third kappa shape index (κ3) is 4.50. The molecular formula is C26H22FN7O2S. The molecule has 0 aliphatic heterocycles. The summed E-state index contributed by atoms with van der Waals surface area (Å²) < 4.78 is 41.7. The maximum atomic E-state index is 14.5. The first-order chi connectivity index (χ1) is 17.7. The van der Waals surface area contributed by atoms with Crippen LogP contribution in [0.4, 0.5) is 4.39 Å². The summed E-state index contributed by atoms with van der Waals surface area (Å²) in [5.41, 5.74) is 6.89. The number of fused-ring (bicyclic) bond motifs is 2. The fourth-order valence-electron chi connectivity index (χ4n) is 4.49. The Kier molecular flexibility index (Phi) is 5.39. The summed E-state index contributed by atoms with van der Waals surface area (Å²) in [6, 6.07) is 14.3. The summed E-state index contributed by atoms with van der Waals surface area (Å²) in [5, 5.41) is 13.6. The second-order valence-electron chi connectivity index (χ2n) is 8.98. The molecule has 0 aliphatic rings. The number of hydrogen-bond donors (Lipinski definition) is 3. The molecule has 6 aromatic rings. The van der Waals surface area contributed by atoms with Gasteiger partial charge in [-0.15, -0.1) is 0 Å². The van der Waals surface area contributed by atoms with Gasteiger partial charge in [-0.3, -0.25) is 14.8 Å². The maximum Gasteiger partial charge on any atom is 0.209 e. The van der Waals surface area contributed by atoms with E-state index in [2.05, 4.69) is 30.0 Å². The van der Waals surface area contributed by atoms with E-state index in [9.17, 15) is 12.8 Å². The molecule has 0 radical (unpaired) electrons. The number of halogens is 1. The Bertz CT molecular complexity index is 1900. The number of sulfonamides is 1.